The lowest BCUT2D eigenvalue weighted by Gasteiger charge is -2.59. The number of amides is 1. The first-order chi connectivity index (χ1) is 13.1. The molecule has 6 heteroatoms. The van der Waals surface area contributed by atoms with Gasteiger partial charge in [0.15, 0.2) is 5.72 Å². The minimum absolute atomic E-state index is 0.0476. The van der Waals surface area contributed by atoms with Crippen LogP contribution >= 0.6 is 0 Å². The largest absolute Gasteiger partial charge is 0.469 e. The van der Waals surface area contributed by atoms with Gasteiger partial charge in [0.1, 0.15) is 0 Å². The van der Waals surface area contributed by atoms with Crippen molar-refractivity contribution < 1.29 is 19.1 Å². The molecule has 5 atom stereocenters. The van der Waals surface area contributed by atoms with Crippen LogP contribution in [-0.2, 0) is 24.5 Å². The van der Waals surface area contributed by atoms with Gasteiger partial charge in [0.05, 0.1) is 31.1 Å². The molecule has 1 aromatic rings. The van der Waals surface area contributed by atoms with E-state index >= 15 is 0 Å². The standard InChI is InChI=1S/C21H24N2O4/c1-3-13-11-23(12-24)17-10-14(13)18(19(25)26-2)20-8-9-27-21(17,20)22-16-7-5-4-6-15(16)20/h3-7,12,14,17-18,22H,8-11H2,1-2H3/b13-3-/t14-,17+,18-,20-,21-/m0/s1. The minimum Gasteiger partial charge on any atom is -0.469 e. The molecule has 2 bridgehead atoms. The Bertz CT molecular complexity index is 852. The Morgan fingerprint density at radius 2 is 2.22 bits per heavy atom. The summed E-state index contributed by atoms with van der Waals surface area (Å²) in [6.45, 7) is 3.07. The number of benzene rings is 1. The first kappa shape index (κ1) is 16.8. The second-order valence-corrected chi connectivity index (χ2v) is 7.98. The fraction of sp³-hybridized carbons (Fsp3) is 0.524. The van der Waals surface area contributed by atoms with Crippen LogP contribution in [0.4, 0.5) is 5.69 Å². The highest BCUT2D eigenvalue weighted by atomic mass is 16.5. The van der Waals surface area contributed by atoms with Crippen molar-refractivity contribution in [1.29, 1.82) is 0 Å². The summed E-state index contributed by atoms with van der Waals surface area (Å²) in [5.74, 6) is -0.477. The van der Waals surface area contributed by atoms with Crippen molar-refractivity contribution in [3.8, 4) is 0 Å². The first-order valence-electron chi connectivity index (χ1n) is 9.58. The number of fused-ring (bicyclic) bond motifs is 3. The number of methoxy groups -OCH3 is 1. The van der Waals surface area contributed by atoms with E-state index in [1.54, 1.807) is 0 Å². The number of likely N-dealkylation sites (tertiary alicyclic amines) is 1. The number of hydrogen-bond donors (Lipinski definition) is 1. The molecule has 3 heterocycles. The third-order valence-corrected chi connectivity index (χ3v) is 7.30. The molecule has 142 valence electrons. The second kappa shape index (κ2) is 5.58. The summed E-state index contributed by atoms with van der Waals surface area (Å²) in [7, 11) is 1.46. The number of esters is 1. The van der Waals surface area contributed by atoms with Crippen molar-refractivity contribution in [1.82, 2.24) is 4.90 Å². The molecule has 27 heavy (non-hydrogen) atoms. The zero-order chi connectivity index (χ0) is 18.8. The van der Waals surface area contributed by atoms with Gasteiger partial charge in [0.2, 0.25) is 6.41 Å². The van der Waals surface area contributed by atoms with Gasteiger partial charge < -0.3 is 19.7 Å². The lowest BCUT2D eigenvalue weighted by atomic mass is 9.51. The molecule has 0 unspecified atom stereocenters. The van der Waals surface area contributed by atoms with Gasteiger partial charge in [-0.2, -0.15) is 0 Å². The molecular weight excluding hydrogens is 344 g/mol. The summed E-state index contributed by atoms with van der Waals surface area (Å²) in [6, 6.07) is 8.00. The maximum absolute atomic E-state index is 13.2. The van der Waals surface area contributed by atoms with E-state index in [2.05, 4.69) is 17.5 Å². The van der Waals surface area contributed by atoms with Crippen LogP contribution < -0.4 is 5.32 Å². The molecule has 0 spiro atoms. The Hall–Kier alpha value is -2.34. The van der Waals surface area contributed by atoms with Gasteiger partial charge in [0.25, 0.3) is 0 Å². The summed E-state index contributed by atoms with van der Waals surface area (Å²) in [5, 5.41) is 3.61. The highest BCUT2D eigenvalue weighted by Crippen LogP contribution is 2.66. The van der Waals surface area contributed by atoms with E-state index < -0.39 is 11.1 Å². The van der Waals surface area contributed by atoms with Crippen molar-refractivity contribution in [2.75, 3.05) is 25.6 Å². The number of hydrogen-bond acceptors (Lipinski definition) is 5. The van der Waals surface area contributed by atoms with Crippen LogP contribution in [0.1, 0.15) is 25.3 Å². The van der Waals surface area contributed by atoms with Crippen LogP contribution in [-0.4, -0.2) is 49.3 Å². The molecule has 4 aliphatic rings. The Labute approximate surface area is 158 Å². The van der Waals surface area contributed by atoms with Crippen LogP contribution in [0.5, 0.6) is 0 Å². The third-order valence-electron chi connectivity index (χ3n) is 7.30. The average molecular weight is 368 g/mol. The van der Waals surface area contributed by atoms with Gasteiger partial charge in [0, 0.05) is 12.2 Å². The molecule has 0 radical (unpaired) electrons. The summed E-state index contributed by atoms with van der Waals surface area (Å²) in [6.07, 6.45) is 4.41. The van der Waals surface area contributed by atoms with Crippen molar-refractivity contribution in [3.05, 3.63) is 41.5 Å². The predicted octanol–water partition coefficient (Wildman–Crippen LogP) is 2.06. The Morgan fingerprint density at radius 3 is 2.96 bits per heavy atom. The number of carbonyl (C=O) groups is 2. The van der Waals surface area contributed by atoms with Gasteiger partial charge in [-0.1, -0.05) is 29.8 Å². The van der Waals surface area contributed by atoms with Gasteiger partial charge >= 0.3 is 5.97 Å². The Morgan fingerprint density at radius 1 is 1.41 bits per heavy atom. The molecule has 1 aliphatic carbocycles. The molecule has 6 nitrogen and oxygen atoms in total. The van der Waals surface area contributed by atoms with Gasteiger partial charge in [-0.3, -0.25) is 9.59 Å². The normalized spacial score (nSPS) is 40.0. The number of anilines is 1. The van der Waals surface area contributed by atoms with Crippen molar-refractivity contribution in [3.63, 3.8) is 0 Å². The Kier molecular flexibility index (Phi) is 3.47. The maximum atomic E-state index is 13.2. The van der Waals surface area contributed by atoms with E-state index in [0.29, 0.717) is 19.6 Å². The zero-order valence-corrected chi connectivity index (χ0v) is 15.6. The quantitative estimate of drug-likeness (QED) is 0.492. The Balaban J connectivity index is 1.80. The summed E-state index contributed by atoms with van der Waals surface area (Å²) < 4.78 is 11.7. The number of piperidine rings is 1. The molecular formula is C21H24N2O4. The molecule has 1 saturated carbocycles. The third kappa shape index (κ3) is 1.79. The lowest BCUT2D eigenvalue weighted by Crippen LogP contribution is -2.73. The highest BCUT2D eigenvalue weighted by Gasteiger charge is 2.76. The van der Waals surface area contributed by atoms with E-state index in [1.165, 1.54) is 7.11 Å². The zero-order valence-electron chi connectivity index (χ0n) is 15.6. The van der Waals surface area contributed by atoms with E-state index in [1.807, 2.05) is 30.0 Å². The van der Waals surface area contributed by atoms with Crippen LogP contribution in [0.25, 0.3) is 0 Å². The van der Waals surface area contributed by atoms with Crippen molar-refractivity contribution >= 4 is 18.1 Å². The molecule has 1 N–H and O–H groups in total. The summed E-state index contributed by atoms with van der Waals surface area (Å²) in [5.41, 5.74) is 1.90. The predicted molar refractivity (Wildman–Crippen MR) is 99.0 cm³/mol. The number of para-hydroxylation sites is 1. The van der Waals surface area contributed by atoms with Gasteiger partial charge in [-0.25, -0.2) is 0 Å². The number of nitrogens with zero attached hydrogens (tertiary/aromatic N) is 1. The summed E-state index contributed by atoms with van der Waals surface area (Å²) in [4.78, 5) is 27.0. The number of allylic oxidation sites excluding steroid dienone is 1. The van der Waals surface area contributed by atoms with Gasteiger partial charge in [-0.05, 0) is 37.3 Å². The van der Waals surface area contributed by atoms with E-state index in [-0.39, 0.29) is 23.8 Å². The highest BCUT2D eigenvalue weighted by molar-refractivity contribution is 5.81. The SMILES string of the molecule is C/C=C1/CN(C=O)[C@@H]2C[C@@H]1[C@@H](C(=O)OC)[C@@]13CCO[C@@]21Nc1ccccc13. The van der Waals surface area contributed by atoms with E-state index in [0.717, 1.165) is 29.7 Å². The van der Waals surface area contributed by atoms with Crippen molar-refractivity contribution in [2.45, 2.75) is 36.9 Å². The average Bonchev–Trinajstić information content (AvgIpc) is 3.21. The number of rotatable bonds is 2. The number of nitrogens with one attached hydrogen (secondary N) is 1. The maximum Gasteiger partial charge on any atom is 0.310 e. The van der Waals surface area contributed by atoms with E-state index in [4.69, 9.17) is 9.47 Å². The second-order valence-electron chi connectivity index (χ2n) is 7.98. The molecule has 0 aromatic heterocycles. The molecule has 3 fully saturated rings. The van der Waals surface area contributed by atoms with Crippen LogP contribution in [0.15, 0.2) is 35.9 Å². The lowest BCUT2D eigenvalue weighted by molar-refractivity contribution is -0.172. The van der Waals surface area contributed by atoms with Crippen LogP contribution in [0, 0.1) is 11.8 Å². The van der Waals surface area contributed by atoms with Crippen LogP contribution in [0.3, 0.4) is 0 Å². The molecule has 1 aromatic carbocycles. The number of ether oxygens (including phenoxy) is 2. The minimum atomic E-state index is -0.785. The van der Waals surface area contributed by atoms with Gasteiger partial charge in [-0.15, -0.1) is 0 Å². The fourth-order valence-corrected chi connectivity index (χ4v) is 6.35. The molecule has 3 aliphatic heterocycles. The smallest absolute Gasteiger partial charge is 0.310 e. The molecule has 1 amide bonds. The first-order valence-corrected chi connectivity index (χ1v) is 9.58. The van der Waals surface area contributed by atoms with Crippen LogP contribution in [0.2, 0.25) is 0 Å². The monoisotopic (exact) mass is 368 g/mol. The van der Waals surface area contributed by atoms with Crippen molar-refractivity contribution in [2.24, 2.45) is 11.8 Å². The molecule has 5 rings (SSSR count). The van der Waals surface area contributed by atoms with E-state index in [9.17, 15) is 9.59 Å². The fourth-order valence-electron chi connectivity index (χ4n) is 6.35. The topological polar surface area (TPSA) is 67.9 Å². The summed E-state index contributed by atoms with van der Waals surface area (Å²) >= 11 is 0. The number of carbonyl (C=O) groups excluding carboxylic acids is 2. The molecule has 2 saturated heterocycles.